The van der Waals surface area contributed by atoms with Crippen LogP contribution in [0.3, 0.4) is 0 Å². The molecule has 1 amide bonds. The van der Waals surface area contributed by atoms with Crippen molar-refractivity contribution in [3.8, 4) is 17.2 Å². The van der Waals surface area contributed by atoms with E-state index in [0.717, 1.165) is 40.2 Å². The second-order valence-corrected chi connectivity index (χ2v) is 9.60. The number of fused-ring (bicyclic) bond motifs is 3. The van der Waals surface area contributed by atoms with Crippen molar-refractivity contribution in [2.75, 3.05) is 25.2 Å². The van der Waals surface area contributed by atoms with E-state index in [-0.39, 0.29) is 29.4 Å². The second-order valence-electron chi connectivity index (χ2n) is 9.60. The van der Waals surface area contributed by atoms with Crippen molar-refractivity contribution in [2.24, 2.45) is 0 Å². The first-order valence-corrected chi connectivity index (χ1v) is 13.2. The molecule has 8 nitrogen and oxygen atoms in total. The minimum absolute atomic E-state index is 0.0381. The molecule has 3 heterocycles. The molecule has 6 rings (SSSR count). The monoisotopic (exact) mass is 535 g/mol. The van der Waals surface area contributed by atoms with Gasteiger partial charge < -0.3 is 24.5 Å². The van der Waals surface area contributed by atoms with Gasteiger partial charge in [0.2, 0.25) is 5.43 Å². The summed E-state index contributed by atoms with van der Waals surface area (Å²) in [5.41, 5.74) is 7.29. The van der Waals surface area contributed by atoms with Gasteiger partial charge in [-0.1, -0.05) is 66.7 Å². The van der Waals surface area contributed by atoms with Crippen LogP contribution in [0.1, 0.15) is 32.7 Å². The Bertz CT molecular complexity index is 1610. The van der Waals surface area contributed by atoms with Gasteiger partial charge >= 0.3 is 0 Å². The molecule has 8 heteroatoms. The standard InChI is InChI=1S/C32H29N3O5/c36-27-15-17-35-30(31(27)40-20-23-9-2-1-3-10-23)32(37)34(22-33-35)16-6-7-18-38-29-14-8-12-25-21-39-28-13-5-4-11-24(28)19-26(25)29/h1-15,17,33H,16,18-22H2/b7-6-. The number of carbonyl (C=O) groups excluding carboxylic acids is 1. The van der Waals surface area contributed by atoms with E-state index in [1.165, 1.54) is 6.07 Å². The number of para-hydroxylation sites is 1. The third kappa shape index (κ3) is 5.29. The molecule has 0 unspecified atom stereocenters. The zero-order valence-electron chi connectivity index (χ0n) is 21.9. The Morgan fingerprint density at radius 2 is 1.70 bits per heavy atom. The topological polar surface area (TPSA) is 82.0 Å². The largest absolute Gasteiger partial charge is 0.489 e. The lowest BCUT2D eigenvalue weighted by Crippen LogP contribution is -2.46. The number of nitrogens with zero attached hydrogens (tertiary/aromatic N) is 2. The Labute approximate surface area is 232 Å². The summed E-state index contributed by atoms with van der Waals surface area (Å²) in [6.07, 6.45) is 6.08. The Morgan fingerprint density at radius 3 is 2.60 bits per heavy atom. The van der Waals surface area contributed by atoms with Gasteiger partial charge in [-0.3, -0.25) is 14.3 Å². The molecule has 1 N–H and O–H groups in total. The number of nitrogens with one attached hydrogen (secondary N) is 1. The maximum Gasteiger partial charge on any atom is 0.278 e. The first kappa shape index (κ1) is 25.3. The predicted octanol–water partition coefficient (Wildman–Crippen LogP) is 4.50. The molecule has 4 aromatic rings. The van der Waals surface area contributed by atoms with Gasteiger partial charge in [-0.05, 0) is 34.9 Å². The molecule has 1 aromatic heterocycles. The van der Waals surface area contributed by atoms with Crippen molar-refractivity contribution >= 4 is 5.91 Å². The molecule has 2 aliphatic rings. The Kier molecular flexibility index (Phi) is 7.22. The molecule has 0 saturated heterocycles. The highest BCUT2D eigenvalue weighted by molar-refractivity contribution is 5.96. The normalized spacial score (nSPS) is 13.9. The zero-order chi connectivity index (χ0) is 27.3. The molecule has 0 fully saturated rings. The van der Waals surface area contributed by atoms with Crippen LogP contribution in [0.2, 0.25) is 0 Å². The van der Waals surface area contributed by atoms with Gasteiger partial charge in [0.05, 0.1) is 0 Å². The van der Waals surface area contributed by atoms with E-state index in [9.17, 15) is 9.59 Å². The van der Waals surface area contributed by atoms with Crippen LogP contribution >= 0.6 is 0 Å². The van der Waals surface area contributed by atoms with Crippen LogP contribution in [0.15, 0.2) is 102 Å². The van der Waals surface area contributed by atoms with Crippen molar-refractivity contribution in [2.45, 2.75) is 19.6 Å². The molecule has 0 spiro atoms. The molecular weight excluding hydrogens is 506 g/mol. The van der Waals surface area contributed by atoms with Gasteiger partial charge in [-0.25, -0.2) is 0 Å². The second kappa shape index (κ2) is 11.4. The van der Waals surface area contributed by atoms with Crippen LogP contribution < -0.4 is 25.1 Å². The molecule has 40 heavy (non-hydrogen) atoms. The molecule has 2 aliphatic heterocycles. The number of ether oxygens (including phenoxy) is 3. The molecule has 202 valence electrons. The average Bonchev–Trinajstić information content (AvgIpc) is 3.18. The third-order valence-electron chi connectivity index (χ3n) is 6.98. The molecule has 0 bridgehead atoms. The van der Waals surface area contributed by atoms with E-state index in [0.29, 0.717) is 26.4 Å². The number of carbonyl (C=O) groups is 1. The van der Waals surface area contributed by atoms with Gasteiger partial charge in [0.25, 0.3) is 5.91 Å². The highest BCUT2D eigenvalue weighted by Crippen LogP contribution is 2.33. The van der Waals surface area contributed by atoms with Crippen molar-refractivity contribution in [1.29, 1.82) is 0 Å². The van der Waals surface area contributed by atoms with Crippen molar-refractivity contribution in [3.63, 3.8) is 0 Å². The molecule has 0 aliphatic carbocycles. The first-order chi connectivity index (χ1) is 19.7. The summed E-state index contributed by atoms with van der Waals surface area (Å²) < 4.78 is 19.5. The number of benzene rings is 3. The van der Waals surface area contributed by atoms with Crippen molar-refractivity contribution in [1.82, 2.24) is 9.58 Å². The van der Waals surface area contributed by atoms with E-state index in [4.69, 9.17) is 14.2 Å². The Hall–Kier alpha value is -4.98. The minimum Gasteiger partial charge on any atom is -0.489 e. The molecule has 3 aromatic carbocycles. The van der Waals surface area contributed by atoms with E-state index in [2.05, 4.69) is 17.6 Å². The van der Waals surface area contributed by atoms with Gasteiger partial charge in [-0.15, -0.1) is 0 Å². The van der Waals surface area contributed by atoms with E-state index < -0.39 is 0 Å². The highest BCUT2D eigenvalue weighted by atomic mass is 16.5. The van der Waals surface area contributed by atoms with Crippen LogP contribution in [-0.4, -0.2) is 35.3 Å². The Morgan fingerprint density at radius 1 is 0.875 bits per heavy atom. The van der Waals surface area contributed by atoms with Crippen LogP contribution in [0.25, 0.3) is 0 Å². The van der Waals surface area contributed by atoms with E-state index >= 15 is 0 Å². The number of hydrogen-bond acceptors (Lipinski definition) is 6. The SMILES string of the molecule is O=C1c2c(OCc3ccccc3)c(=O)ccn2NCN1C/C=C\COc1cccc2c1Cc1ccccc1OC2. The lowest BCUT2D eigenvalue weighted by molar-refractivity contribution is 0.0738. The number of rotatable bonds is 8. The molecule has 0 radical (unpaired) electrons. The van der Waals surface area contributed by atoms with Crippen molar-refractivity contribution < 1.29 is 19.0 Å². The fourth-order valence-electron chi connectivity index (χ4n) is 4.88. The average molecular weight is 536 g/mol. The smallest absolute Gasteiger partial charge is 0.278 e. The summed E-state index contributed by atoms with van der Waals surface area (Å²) in [6.45, 7) is 1.70. The molecular formula is C32H29N3O5. The lowest BCUT2D eigenvalue weighted by Gasteiger charge is -2.31. The van der Waals surface area contributed by atoms with Crippen LogP contribution in [0.4, 0.5) is 0 Å². The summed E-state index contributed by atoms with van der Waals surface area (Å²) in [5, 5.41) is 0. The van der Waals surface area contributed by atoms with Crippen molar-refractivity contribution in [3.05, 3.63) is 135 Å². The summed E-state index contributed by atoms with van der Waals surface area (Å²) in [6, 6.07) is 25.0. The van der Waals surface area contributed by atoms with Gasteiger partial charge in [0.1, 0.15) is 38.0 Å². The van der Waals surface area contributed by atoms with Crippen LogP contribution in [0, 0.1) is 0 Å². The fourth-order valence-corrected chi connectivity index (χ4v) is 4.88. The number of pyridine rings is 1. The zero-order valence-corrected chi connectivity index (χ0v) is 21.9. The fraction of sp³-hybridized carbons (Fsp3) is 0.188. The van der Waals surface area contributed by atoms with Gasteiger partial charge in [-0.2, -0.15) is 0 Å². The van der Waals surface area contributed by atoms with E-state index in [1.807, 2.05) is 72.8 Å². The van der Waals surface area contributed by atoms with Crippen LogP contribution in [0.5, 0.6) is 17.2 Å². The predicted molar refractivity (Wildman–Crippen MR) is 151 cm³/mol. The Balaban J connectivity index is 1.10. The summed E-state index contributed by atoms with van der Waals surface area (Å²) >= 11 is 0. The summed E-state index contributed by atoms with van der Waals surface area (Å²) in [7, 11) is 0. The number of amides is 1. The summed E-state index contributed by atoms with van der Waals surface area (Å²) in [4.78, 5) is 27.6. The third-order valence-corrected chi connectivity index (χ3v) is 6.98. The minimum atomic E-state index is -0.335. The maximum atomic E-state index is 13.3. The van der Waals surface area contributed by atoms with Gasteiger partial charge in [0, 0.05) is 30.8 Å². The first-order valence-electron chi connectivity index (χ1n) is 13.2. The van der Waals surface area contributed by atoms with Gasteiger partial charge in [0.15, 0.2) is 11.4 Å². The summed E-state index contributed by atoms with van der Waals surface area (Å²) in [5.74, 6) is 1.49. The van der Waals surface area contributed by atoms with Crippen LogP contribution in [-0.2, 0) is 19.6 Å². The van der Waals surface area contributed by atoms with E-state index in [1.54, 1.807) is 15.8 Å². The lowest BCUT2D eigenvalue weighted by atomic mass is 9.99. The highest BCUT2D eigenvalue weighted by Gasteiger charge is 2.28. The quantitative estimate of drug-likeness (QED) is 0.335. The molecule has 0 atom stereocenters. The number of hydrogen-bond donors (Lipinski definition) is 1. The number of aromatic nitrogens is 1. The maximum absolute atomic E-state index is 13.3. The molecule has 0 saturated carbocycles.